The van der Waals surface area contributed by atoms with E-state index in [1.807, 2.05) is 0 Å². The molecule has 0 bridgehead atoms. The topological polar surface area (TPSA) is 17.1 Å². The fourth-order valence-electron chi connectivity index (χ4n) is 3.05. The second kappa shape index (κ2) is 2.94. The number of fused-ring (bicyclic) bond motifs is 3. The van der Waals surface area contributed by atoms with Gasteiger partial charge < -0.3 is 0 Å². The first kappa shape index (κ1) is 8.22. The van der Waals surface area contributed by atoms with Gasteiger partial charge in [0.15, 0.2) is 0 Å². The molecule has 1 saturated carbocycles. The Hall–Kier alpha value is -1.11. The van der Waals surface area contributed by atoms with Gasteiger partial charge in [0.05, 0.1) is 0 Å². The summed E-state index contributed by atoms with van der Waals surface area (Å²) in [5.41, 5.74) is 2.86. The van der Waals surface area contributed by atoms with E-state index in [0.29, 0.717) is 17.6 Å². The molecule has 0 aliphatic heterocycles. The van der Waals surface area contributed by atoms with Crippen molar-refractivity contribution in [2.45, 2.75) is 31.6 Å². The van der Waals surface area contributed by atoms with Crippen molar-refractivity contribution in [1.82, 2.24) is 0 Å². The number of carbonyl (C=O) groups excluding carboxylic acids is 1. The van der Waals surface area contributed by atoms with E-state index >= 15 is 0 Å². The van der Waals surface area contributed by atoms with Crippen LogP contribution in [0, 0.1) is 5.92 Å². The molecule has 3 rings (SSSR count). The first-order valence-electron chi connectivity index (χ1n) is 5.47. The SMILES string of the molecule is O=C1CCCC2c3ccccc3CC12. The summed E-state index contributed by atoms with van der Waals surface area (Å²) in [4.78, 5) is 11.7. The molecule has 0 heterocycles. The third-order valence-corrected chi connectivity index (χ3v) is 3.73. The Morgan fingerprint density at radius 1 is 1.14 bits per heavy atom. The number of benzene rings is 1. The van der Waals surface area contributed by atoms with Gasteiger partial charge in [-0.3, -0.25) is 4.79 Å². The van der Waals surface area contributed by atoms with E-state index < -0.39 is 0 Å². The largest absolute Gasteiger partial charge is 0.299 e. The molecule has 2 aliphatic rings. The summed E-state index contributed by atoms with van der Waals surface area (Å²) in [5.74, 6) is 1.37. The maximum atomic E-state index is 11.7. The van der Waals surface area contributed by atoms with Crippen LogP contribution in [-0.2, 0) is 11.2 Å². The molecule has 1 fully saturated rings. The summed E-state index contributed by atoms with van der Waals surface area (Å²) in [6.45, 7) is 0. The second-order valence-electron chi connectivity index (χ2n) is 4.47. The molecule has 0 spiro atoms. The molecule has 2 aliphatic carbocycles. The zero-order valence-corrected chi connectivity index (χ0v) is 8.20. The van der Waals surface area contributed by atoms with Gasteiger partial charge in [0.1, 0.15) is 5.78 Å². The van der Waals surface area contributed by atoms with Gasteiger partial charge in [0.25, 0.3) is 0 Å². The van der Waals surface area contributed by atoms with E-state index in [9.17, 15) is 4.79 Å². The molecule has 2 unspecified atom stereocenters. The average molecular weight is 186 g/mol. The van der Waals surface area contributed by atoms with Crippen LogP contribution in [0.5, 0.6) is 0 Å². The van der Waals surface area contributed by atoms with Crippen LogP contribution in [0.15, 0.2) is 24.3 Å². The van der Waals surface area contributed by atoms with Gasteiger partial charge in [-0.1, -0.05) is 24.3 Å². The minimum Gasteiger partial charge on any atom is -0.299 e. The average Bonchev–Trinajstić information content (AvgIpc) is 2.59. The second-order valence-corrected chi connectivity index (χ2v) is 4.47. The highest BCUT2D eigenvalue weighted by Gasteiger charge is 2.38. The molecule has 1 heteroatoms. The van der Waals surface area contributed by atoms with E-state index in [1.54, 1.807) is 0 Å². The van der Waals surface area contributed by atoms with Gasteiger partial charge in [-0.25, -0.2) is 0 Å². The zero-order chi connectivity index (χ0) is 9.54. The lowest BCUT2D eigenvalue weighted by molar-refractivity contribution is -0.124. The smallest absolute Gasteiger partial charge is 0.136 e. The number of hydrogen-bond donors (Lipinski definition) is 0. The van der Waals surface area contributed by atoms with Crippen molar-refractivity contribution in [1.29, 1.82) is 0 Å². The number of hydrogen-bond acceptors (Lipinski definition) is 1. The lowest BCUT2D eigenvalue weighted by atomic mass is 9.79. The first-order chi connectivity index (χ1) is 6.86. The van der Waals surface area contributed by atoms with Gasteiger partial charge in [-0.2, -0.15) is 0 Å². The lowest BCUT2D eigenvalue weighted by Crippen LogP contribution is -2.23. The van der Waals surface area contributed by atoms with Crippen LogP contribution in [0.25, 0.3) is 0 Å². The maximum absolute atomic E-state index is 11.7. The Morgan fingerprint density at radius 2 is 2.00 bits per heavy atom. The summed E-state index contributed by atoms with van der Waals surface area (Å²) >= 11 is 0. The molecular formula is C13H14O. The normalized spacial score (nSPS) is 29.9. The molecule has 1 nitrogen and oxygen atoms in total. The molecule has 0 saturated heterocycles. The van der Waals surface area contributed by atoms with Crippen molar-refractivity contribution in [3.05, 3.63) is 35.4 Å². The summed E-state index contributed by atoms with van der Waals surface area (Å²) in [5, 5.41) is 0. The predicted octanol–water partition coefficient (Wildman–Crippen LogP) is 2.70. The number of rotatable bonds is 0. The van der Waals surface area contributed by atoms with Crippen LogP contribution in [0.4, 0.5) is 0 Å². The Balaban J connectivity index is 2.04. The lowest BCUT2D eigenvalue weighted by Gasteiger charge is -2.24. The highest BCUT2D eigenvalue weighted by Crippen LogP contribution is 2.44. The number of ketones is 1. The van der Waals surface area contributed by atoms with Crippen molar-refractivity contribution in [2.24, 2.45) is 5.92 Å². The molecule has 0 amide bonds. The van der Waals surface area contributed by atoms with Crippen molar-refractivity contribution < 1.29 is 4.79 Å². The molecule has 0 N–H and O–H groups in total. The number of carbonyl (C=O) groups is 1. The zero-order valence-electron chi connectivity index (χ0n) is 8.20. The van der Waals surface area contributed by atoms with E-state index in [-0.39, 0.29) is 0 Å². The van der Waals surface area contributed by atoms with Crippen molar-refractivity contribution >= 4 is 5.78 Å². The van der Waals surface area contributed by atoms with E-state index in [1.165, 1.54) is 17.5 Å². The van der Waals surface area contributed by atoms with Gasteiger partial charge in [-0.15, -0.1) is 0 Å². The van der Waals surface area contributed by atoms with Crippen molar-refractivity contribution in [3.63, 3.8) is 0 Å². The number of Topliss-reactive ketones (excluding diaryl/α,β-unsaturated/α-hetero) is 1. The maximum Gasteiger partial charge on any atom is 0.136 e. The molecule has 1 aromatic carbocycles. The molecule has 2 atom stereocenters. The standard InChI is InChI=1S/C13H14O/c14-13-7-3-6-11-10-5-2-1-4-9(10)8-12(11)13/h1-2,4-5,11-12H,3,6-8H2. The molecular weight excluding hydrogens is 172 g/mol. The van der Waals surface area contributed by atoms with Gasteiger partial charge in [-0.05, 0) is 36.3 Å². The Morgan fingerprint density at radius 3 is 2.93 bits per heavy atom. The van der Waals surface area contributed by atoms with Crippen LogP contribution in [-0.4, -0.2) is 5.78 Å². The summed E-state index contributed by atoms with van der Waals surface area (Å²) in [6.07, 6.45) is 4.12. The summed E-state index contributed by atoms with van der Waals surface area (Å²) in [6, 6.07) is 8.57. The van der Waals surface area contributed by atoms with E-state index in [4.69, 9.17) is 0 Å². The third kappa shape index (κ3) is 1.05. The fraction of sp³-hybridized carbons (Fsp3) is 0.462. The molecule has 0 aromatic heterocycles. The molecule has 0 radical (unpaired) electrons. The van der Waals surface area contributed by atoms with Crippen molar-refractivity contribution in [3.8, 4) is 0 Å². The monoisotopic (exact) mass is 186 g/mol. The van der Waals surface area contributed by atoms with Crippen LogP contribution in [0.3, 0.4) is 0 Å². The van der Waals surface area contributed by atoms with Crippen LogP contribution < -0.4 is 0 Å². The summed E-state index contributed by atoms with van der Waals surface area (Å²) < 4.78 is 0. The van der Waals surface area contributed by atoms with Crippen molar-refractivity contribution in [2.75, 3.05) is 0 Å². The molecule has 14 heavy (non-hydrogen) atoms. The van der Waals surface area contributed by atoms with Crippen LogP contribution in [0.2, 0.25) is 0 Å². The van der Waals surface area contributed by atoms with Gasteiger partial charge in [0, 0.05) is 12.3 Å². The predicted molar refractivity (Wildman–Crippen MR) is 55.2 cm³/mol. The highest BCUT2D eigenvalue weighted by molar-refractivity contribution is 5.84. The highest BCUT2D eigenvalue weighted by atomic mass is 16.1. The minimum absolute atomic E-state index is 0.321. The Bertz CT molecular complexity index is 381. The Kier molecular flexibility index (Phi) is 1.73. The van der Waals surface area contributed by atoms with E-state index in [2.05, 4.69) is 24.3 Å². The van der Waals surface area contributed by atoms with Crippen LogP contribution >= 0.6 is 0 Å². The minimum atomic E-state index is 0.321. The summed E-state index contributed by atoms with van der Waals surface area (Å²) in [7, 11) is 0. The van der Waals surface area contributed by atoms with Crippen LogP contribution in [0.1, 0.15) is 36.3 Å². The third-order valence-electron chi connectivity index (χ3n) is 3.73. The molecule has 72 valence electrons. The van der Waals surface area contributed by atoms with E-state index in [0.717, 1.165) is 19.3 Å². The Labute approximate surface area is 84.1 Å². The molecule has 1 aromatic rings. The fourth-order valence-corrected chi connectivity index (χ4v) is 3.05. The van der Waals surface area contributed by atoms with Gasteiger partial charge >= 0.3 is 0 Å². The quantitative estimate of drug-likeness (QED) is 0.609. The van der Waals surface area contributed by atoms with Gasteiger partial charge in [0.2, 0.25) is 0 Å². The first-order valence-corrected chi connectivity index (χ1v) is 5.47.